The molecule has 1 saturated carbocycles. The number of hydrogen-bond donors (Lipinski definition) is 1. The van der Waals surface area contributed by atoms with Gasteiger partial charge in [0.1, 0.15) is 12.2 Å². The zero-order valence-corrected chi connectivity index (χ0v) is 14.3. The predicted molar refractivity (Wildman–Crippen MR) is 89.0 cm³/mol. The van der Waals surface area contributed by atoms with E-state index in [0.29, 0.717) is 23.9 Å². The summed E-state index contributed by atoms with van der Waals surface area (Å²) in [5.41, 5.74) is 0.585. The third-order valence-electron chi connectivity index (χ3n) is 4.27. The molecule has 3 rings (SSSR count). The van der Waals surface area contributed by atoms with Crippen LogP contribution in [0.15, 0.2) is 35.5 Å². The van der Waals surface area contributed by atoms with Crippen LogP contribution in [0.5, 0.6) is 0 Å². The number of amides is 1. The van der Waals surface area contributed by atoms with Gasteiger partial charge in [-0.3, -0.25) is 4.79 Å². The lowest BCUT2D eigenvalue weighted by Crippen LogP contribution is -2.17. The van der Waals surface area contributed by atoms with Crippen molar-refractivity contribution in [2.24, 2.45) is 5.92 Å². The van der Waals surface area contributed by atoms with Crippen LogP contribution in [0.1, 0.15) is 37.9 Å². The molecule has 0 saturated heterocycles. The number of nitrogens with one attached hydrogen (secondary N) is 1. The highest BCUT2D eigenvalue weighted by molar-refractivity contribution is 7.89. The van der Waals surface area contributed by atoms with Crippen molar-refractivity contribution in [3.8, 4) is 0 Å². The number of rotatable bonds is 6. The highest BCUT2D eigenvalue weighted by atomic mass is 32.2. The second kappa shape index (κ2) is 6.72. The van der Waals surface area contributed by atoms with E-state index in [0.717, 1.165) is 10.5 Å². The number of hydrogen-bond acceptors (Lipinski definition) is 5. The molecule has 0 radical (unpaired) electrons. The molecule has 24 heavy (non-hydrogen) atoms. The molecule has 2 aromatic rings. The Bertz CT molecular complexity index is 823. The Morgan fingerprint density at radius 1 is 1.29 bits per heavy atom. The second-order valence-corrected chi connectivity index (χ2v) is 7.87. The predicted octanol–water partition coefficient (Wildman–Crippen LogP) is 2.34. The summed E-state index contributed by atoms with van der Waals surface area (Å²) < 4.78 is 25.6. The summed E-state index contributed by atoms with van der Waals surface area (Å²) in [6.07, 6.45) is 6.31. The monoisotopic (exact) mass is 348 g/mol. The van der Waals surface area contributed by atoms with Gasteiger partial charge in [-0.1, -0.05) is 19.3 Å². The Morgan fingerprint density at radius 3 is 2.54 bits per heavy atom. The third-order valence-corrected chi connectivity index (χ3v) is 5.81. The highest BCUT2D eigenvalue weighted by Crippen LogP contribution is 2.30. The van der Waals surface area contributed by atoms with E-state index in [2.05, 4.69) is 15.4 Å². The smallest absolute Gasteiger partial charge is 0.284 e. The lowest BCUT2D eigenvalue weighted by Gasteiger charge is -2.24. The first kappa shape index (κ1) is 16.6. The van der Waals surface area contributed by atoms with E-state index in [9.17, 15) is 13.2 Å². The number of aryl methyl sites for hydroxylation is 1. The minimum Gasteiger partial charge on any atom is -0.326 e. The molecule has 1 aliphatic carbocycles. The van der Waals surface area contributed by atoms with Crippen molar-refractivity contribution in [3.05, 3.63) is 36.4 Å². The molecular formula is C16H20N4O3S. The SMILES string of the molecule is Cc1ncn(S(=O)(=O)c2ccc(NC(=O)CCC3CCC3)cc2)n1. The minimum atomic E-state index is -3.75. The van der Waals surface area contributed by atoms with Crippen molar-refractivity contribution in [2.45, 2.75) is 43.9 Å². The molecular weight excluding hydrogens is 328 g/mol. The van der Waals surface area contributed by atoms with Crippen LogP contribution in [0.2, 0.25) is 0 Å². The van der Waals surface area contributed by atoms with E-state index < -0.39 is 10.0 Å². The molecule has 1 fully saturated rings. The molecule has 128 valence electrons. The largest absolute Gasteiger partial charge is 0.326 e. The molecule has 1 N–H and O–H groups in total. The van der Waals surface area contributed by atoms with Gasteiger partial charge < -0.3 is 5.32 Å². The Morgan fingerprint density at radius 2 is 2.00 bits per heavy atom. The molecule has 0 unspecified atom stereocenters. The molecule has 1 heterocycles. The maximum absolute atomic E-state index is 12.4. The van der Waals surface area contributed by atoms with Gasteiger partial charge in [0.2, 0.25) is 5.91 Å². The molecule has 1 aliphatic rings. The van der Waals surface area contributed by atoms with Crippen molar-refractivity contribution < 1.29 is 13.2 Å². The number of carbonyl (C=O) groups is 1. The normalized spacial score (nSPS) is 15.0. The lowest BCUT2D eigenvalue weighted by atomic mass is 9.82. The van der Waals surface area contributed by atoms with E-state index in [1.54, 1.807) is 19.1 Å². The van der Waals surface area contributed by atoms with Crippen LogP contribution in [-0.4, -0.2) is 28.5 Å². The van der Waals surface area contributed by atoms with Crippen molar-refractivity contribution in [1.82, 2.24) is 14.2 Å². The maximum Gasteiger partial charge on any atom is 0.284 e. The summed E-state index contributed by atoms with van der Waals surface area (Å²) in [4.78, 5) is 15.8. The molecule has 0 atom stereocenters. The van der Waals surface area contributed by atoms with Crippen molar-refractivity contribution in [2.75, 3.05) is 5.32 Å². The summed E-state index contributed by atoms with van der Waals surface area (Å²) in [6.45, 7) is 1.62. The van der Waals surface area contributed by atoms with Gasteiger partial charge in [0.05, 0.1) is 4.90 Å². The topological polar surface area (TPSA) is 94.0 Å². The Hall–Kier alpha value is -2.22. The Balaban J connectivity index is 1.63. The zero-order valence-electron chi connectivity index (χ0n) is 13.5. The highest BCUT2D eigenvalue weighted by Gasteiger charge is 2.19. The van der Waals surface area contributed by atoms with E-state index >= 15 is 0 Å². The van der Waals surface area contributed by atoms with Gasteiger partial charge in [-0.05, 0) is 43.5 Å². The quantitative estimate of drug-likeness (QED) is 0.865. The van der Waals surface area contributed by atoms with Gasteiger partial charge >= 0.3 is 0 Å². The molecule has 1 aromatic heterocycles. The third kappa shape index (κ3) is 3.64. The second-order valence-electron chi connectivity index (χ2n) is 6.08. The fourth-order valence-electron chi connectivity index (χ4n) is 2.60. The number of benzene rings is 1. The van der Waals surface area contributed by atoms with Gasteiger partial charge in [0.25, 0.3) is 10.0 Å². The average molecular weight is 348 g/mol. The van der Waals surface area contributed by atoms with Crippen molar-refractivity contribution in [1.29, 1.82) is 0 Å². The van der Waals surface area contributed by atoms with Crippen LogP contribution < -0.4 is 5.32 Å². The molecule has 0 spiro atoms. The first-order valence-corrected chi connectivity index (χ1v) is 9.43. The number of carbonyl (C=O) groups excluding carboxylic acids is 1. The molecule has 0 aliphatic heterocycles. The van der Waals surface area contributed by atoms with E-state index in [1.807, 2.05) is 0 Å². The molecule has 0 bridgehead atoms. The summed E-state index contributed by atoms with van der Waals surface area (Å²) in [6, 6.07) is 6.07. The Kier molecular flexibility index (Phi) is 4.66. The van der Waals surface area contributed by atoms with Crippen LogP contribution in [0.4, 0.5) is 5.69 Å². The number of anilines is 1. The van der Waals surface area contributed by atoms with Gasteiger partial charge in [-0.2, -0.15) is 8.42 Å². The fraction of sp³-hybridized carbons (Fsp3) is 0.438. The summed E-state index contributed by atoms with van der Waals surface area (Å²) in [5, 5.41) is 6.63. The van der Waals surface area contributed by atoms with Crippen LogP contribution >= 0.6 is 0 Å². The summed E-state index contributed by atoms with van der Waals surface area (Å²) >= 11 is 0. The Labute approximate surface area is 141 Å². The fourth-order valence-corrected chi connectivity index (χ4v) is 3.69. The van der Waals surface area contributed by atoms with Crippen molar-refractivity contribution in [3.63, 3.8) is 0 Å². The van der Waals surface area contributed by atoms with Gasteiger partial charge in [0.15, 0.2) is 0 Å². The average Bonchev–Trinajstić information content (AvgIpc) is 2.93. The summed E-state index contributed by atoms with van der Waals surface area (Å²) in [7, 11) is -3.75. The lowest BCUT2D eigenvalue weighted by molar-refractivity contribution is -0.116. The van der Waals surface area contributed by atoms with Crippen LogP contribution in [0, 0.1) is 12.8 Å². The molecule has 1 amide bonds. The maximum atomic E-state index is 12.4. The zero-order chi connectivity index (χ0) is 17.2. The van der Waals surface area contributed by atoms with Gasteiger partial charge in [0, 0.05) is 12.1 Å². The van der Waals surface area contributed by atoms with Crippen molar-refractivity contribution >= 4 is 21.6 Å². The molecule has 1 aromatic carbocycles. The van der Waals surface area contributed by atoms with Crippen LogP contribution in [0.3, 0.4) is 0 Å². The number of aromatic nitrogens is 3. The van der Waals surface area contributed by atoms with E-state index in [-0.39, 0.29) is 10.8 Å². The first-order chi connectivity index (χ1) is 11.4. The molecule has 7 nitrogen and oxygen atoms in total. The van der Waals surface area contributed by atoms with Crippen LogP contribution in [0.25, 0.3) is 0 Å². The van der Waals surface area contributed by atoms with Crippen LogP contribution in [-0.2, 0) is 14.8 Å². The standard InChI is InChI=1S/C16H20N4O3S/c1-12-17-11-20(19-12)24(22,23)15-8-6-14(7-9-15)18-16(21)10-5-13-3-2-4-13/h6-9,11,13H,2-5,10H2,1H3,(H,18,21). The molecule has 8 heteroatoms. The number of nitrogens with zero attached hydrogens (tertiary/aromatic N) is 3. The minimum absolute atomic E-state index is 0.0376. The summed E-state index contributed by atoms with van der Waals surface area (Å²) in [5.74, 6) is 1.03. The van der Waals surface area contributed by atoms with Gasteiger partial charge in [-0.15, -0.1) is 9.19 Å². The van der Waals surface area contributed by atoms with E-state index in [4.69, 9.17) is 0 Å². The van der Waals surface area contributed by atoms with Gasteiger partial charge in [-0.25, -0.2) is 4.98 Å². The van der Waals surface area contributed by atoms with E-state index in [1.165, 1.54) is 37.7 Å². The first-order valence-electron chi connectivity index (χ1n) is 7.99.